The summed E-state index contributed by atoms with van der Waals surface area (Å²) in [5.41, 5.74) is 1.02. The number of hydrogen-bond acceptors (Lipinski definition) is 2. The van der Waals surface area contributed by atoms with Crippen molar-refractivity contribution in [3.8, 4) is 0 Å². The Morgan fingerprint density at radius 3 is 2.48 bits per heavy atom. The van der Waals surface area contributed by atoms with Crippen molar-refractivity contribution in [2.45, 2.75) is 39.2 Å². The molecule has 4 nitrogen and oxygen atoms in total. The van der Waals surface area contributed by atoms with E-state index in [0.29, 0.717) is 25.4 Å². The van der Waals surface area contributed by atoms with Gasteiger partial charge in [0.15, 0.2) is 0 Å². The molecule has 0 saturated carbocycles. The molecule has 0 aromatic heterocycles. The summed E-state index contributed by atoms with van der Waals surface area (Å²) in [5.74, 6) is 0.536. The standard InChI is InChI=1S/C19H26N2O2/c1-15(2)14-18(22)20-17-10-12-21(13-11-17)19(23)9-8-16-6-4-3-5-7-16/h3-9,15,17H,10-14H2,1-2H3,(H,20,22)/b9-8+. The topological polar surface area (TPSA) is 49.4 Å². The van der Waals surface area contributed by atoms with Crippen LogP contribution in [-0.2, 0) is 9.59 Å². The Bertz CT molecular complexity index is 544. The fourth-order valence-electron chi connectivity index (χ4n) is 2.74. The Morgan fingerprint density at radius 1 is 1.22 bits per heavy atom. The molecule has 0 bridgehead atoms. The van der Waals surface area contributed by atoms with Crippen LogP contribution < -0.4 is 5.32 Å². The number of carbonyl (C=O) groups is 2. The number of likely N-dealkylation sites (tertiary alicyclic amines) is 1. The quantitative estimate of drug-likeness (QED) is 0.850. The molecule has 1 N–H and O–H groups in total. The molecule has 0 radical (unpaired) electrons. The molecule has 0 aliphatic carbocycles. The minimum atomic E-state index is 0.0424. The highest BCUT2D eigenvalue weighted by Gasteiger charge is 2.22. The zero-order valence-corrected chi connectivity index (χ0v) is 14.0. The Kier molecular flexibility index (Phi) is 6.39. The Balaban J connectivity index is 1.76. The van der Waals surface area contributed by atoms with E-state index in [1.165, 1.54) is 0 Å². The van der Waals surface area contributed by atoms with Gasteiger partial charge in [-0.05, 0) is 30.4 Å². The maximum absolute atomic E-state index is 12.2. The Hall–Kier alpha value is -2.10. The van der Waals surface area contributed by atoms with Gasteiger partial charge in [-0.25, -0.2) is 0 Å². The van der Waals surface area contributed by atoms with Gasteiger partial charge in [-0.3, -0.25) is 9.59 Å². The van der Waals surface area contributed by atoms with Crippen molar-refractivity contribution in [1.82, 2.24) is 10.2 Å². The predicted octanol–water partition coefficient (Wildman–Crippen LogP) is 2.85. The lowest BCUT2D eigenvalue weighted by atomic mass is 10.0. The molecule has 1 heterocycles. The third kappa shape index (κ3) is 5.89. The first kappa shape index (κ1) is 17.3. The number of carbonyl (C=O) groups excluding carboxylic acids is 2. The second-order valence-electron chi connectivity index (χ2n) is 6.51. The second-order valence-corrected chi connectivity index (χ2v) is 6.51. The van der Waals surface area contributed by atoms with E-state index in [0.717, 1.165) is 18.4 Å². The van der Waals surface area contributed by atoms with E-state index < -0.39 is 0 Å². The zero-order chi connectivity index (χ0) is 16.7. The zero-order valence-electron chi connectivity index (χ0n) is 14.0. The van der Waals surface area contributed by atoms with Gasteiger partial charge in [0.2, 0.25) is 11.8 Å². The summed E-state index contributed by atoms with van der Waals surface area (Å²) in [6, 6.07) is 10.0. The fourth-order valence-corrected chi connectivity index (χ4v) is 2.74. The lowest BCUT2D eigenvalue weighted by molar-refractivity contribution is -0.127. The van der Waals surface area contributed by atoms with Crippen LogP contribution in [0.4, 0.5) is 0 Å². The molecule has 1 saturated heterocycles. The predicted molar refractivity (Wildman–Crippen MR) is 92.7 cm³/mol. The molecular weight excluding hydrogens is 288 g/mol. The van der Waals surface area contributed by atoms with Crippen LogP contribution in [0.2, 0.25) is 0 Å². The first-order valence-electron chi connectivity index (χ1n) is 8.36. The average Bonchev–Trinajstić information content (AvgIpc) is 2.53. The molecule has 1 aromatic carbocycles. The van der Waals surface area contributed by atoms with E-state index in [-0.39, 0.29) is 17.9 Å². The number of amides is 2. The molecule has 2 rings (SSSR count). The highest BCUT2D eigenvalue weighted by molar-refractivity contribution is 5.91. The van der Waals surface area contributed by atoms with Crippen molar-refractivity contribution in [3.05, 3.63) is 42.0 Å². The van der Waals surface area contributed by atoms with Crippen LogP contribution >= 0.6 is 0 Å². The smallest absolute Gasteiger partial charge is 0.246 e. The molecule has 1 aliphatic heterocycles. The van der Waals surface area contributed by atoms with Crippen LogP contribution in [0.3, 0.4) is 0 Å². The van der Waals surface area contributed by atoms with Crippen molar-refractivity contribution in [1.29, 1.82) is 0 Å². The van der Waals surface area contributed by atoms with E-state index in [2.05, 4.69) is 5.32 Å². The SMILES string of the molecule is CC(C)CC(=O)NC1CCN(C(=O)/C=C/c2ccccc2)CC1. The molecular formula is C19H26N2O2. The van der Waals surface area contributed by atoms with E-state index >= 15 is 0 Å². The lowest BCUT2D eigenvalue weighted by Crippen LogP contribution is -2.46. The fraction of sp³-hybridized carbons (Fsp3) is 0.474. The number of hydrogen-bond donors (Lipinski definition) is 1. The van der Waals surface area contributed by atoms with Gasteiger partial charge in [0, 0.05) is 31.6 Å². The summed E-state index contributed by atoms with van der Waals surface area (Å²) in [6.45, 7) is 5.48. The molecule has 124 valence electrons. The summed E-state index contributed by atoms with van der Waals surface area (Å²) >= 11 is 0. The number of benzene rings is 1. The monoisotopic (exact) mass is 314 g/mol. The molecule has 0 unspecified atom stereocenters. The Labute approximate surface area is 138 Å². The van der Waals surface area contributed by atoms with Gasteiger partial charge < -0.3 is 10.2 Å². The lowest BCUT2D eigenvalue weighted by Gasteiger charge is -2.32. The highest BCUT2D eigenvalue weighted by atomic mass is 16.2. The molecule has 0 atom stereocenters. The molecule has 23 heavy (non-hydrogen) atoms. The summed E-state index contributed by atoms with van der Waals surface area (Å²) in [5, 5.41) is 3.07. The molecule has 4 heteroatoms. The summed E-state index contributed by atoms with van der Waals surface area (Å²) < 4.78 is 0. The van der Waals surface area contributed by atoms with Crippen LogP contribution in [0, 0.1) is 5.92 Å². The van der Waals surface area contributed by atoms with Gasteiger partial charge in [0.1, 0.15) is 0 Å². The van der Waals surface area contributed by atoms with E-state index in [1.807, 2.05) is 55.2 Å². The molecule has 1 fully saturated rings. The van der Waals surface area contributed by atoms with Crippen LogP contribution in [0.1, 0.15) is 38.7 Å². The van der Waals surface area contributed by atoms with E-state index in [4.69, 9.17) is 0 Å². The van der Waals surface area contributed by atoms with Crippen LogP contribution in [-0.4, -0.2) is 35.8 Å². The maximum Gasteiger partial charge on any atom is 0.246 e. The number of nitrogens with one attached hydrogen (secondary N) is 1. The van der Waals surface area contributed by atoms with Crippen molar-refractivity contribution in [2.24, 2.45) is 5.92 Å². The molecule has 0 spiro atoms. The summed E-state index contributed by atoms with van der Waals surface area (Å²) in [6.07, 6.45) is 5.70. The minimum absolute atomic E-state index is 0.0424. The van der Waals surface area contributed by atoms with Crippen molar-refractivity contribution >= 4 is 17.9 Å². The summed E-state index contributed by atoms with van der Waals surface area (Å²) in [4.78, 5) is 25.8. The second kappa shape index (κ2) is 8.51. The van der Waals surface area contributed by atoms with Gasteiger partial charge in [-0.15, -0.1) is 0 Å². The van der Waals surface area contributed by atoms with E-state index in [9.17, 15) is 9.59 Å². The average molecular weight is 314 g/mol. The third-order valence-electron chi connectivity index (χ3n) is 3.98. The van der Waals surface area contributed by atoms with Gasteiger partial charge in [-0.2, -0.15) is 0 Å². The van der Waals surface area contributed by atoms with Gasteiger partial charge in [0.05, 0.1) is 0 Å². The largest absolute Gasteiger partial charge is 0.353 e. The highest BCUT2D eigenvalue weighted by Crippen LogP contribution is 2.12. The van der Waals surface area contributed by atoms with Crippen LogP contribution in [0.25, 0.3) is 6.08 Å². The molecule has 1 aromatic rings. The van der Waals surface area contributed by atoms with E-state index in [1.54, 1.807) is 6.08 Å². The van der Waals surface area contributed by atoms with Gasteiger partial charge in [-0.1, -0.05) is 44.2 Å². The van der Waals surface area contributed by atoms with Crippen molar-refractivity contribution in [2.75, 3.05) is 13.1 Å². The van der Waals surface area contributed by atoms with Crippen LogP contribution in [0.15, 0.2) is 36.4 Å². The maximum atomic E-state index is 12.2. The van der Waals surface area contributed by atoms with Gasteiger partial charge in [0.25, 0.3) is 0 Å². The third-order valence-corrected chi connectivity index (χ3v) is 3.98. The number of rotatable bonds is 5. The molecule has 2 amide bonds. The minimum Gasteiger partial charge on any atom is -0.353 e. The van der Waals surface area contributed by atoms with Crippen LogP contribution in [0.5, 0.6) is 0 Å². The number of piperidine rings is 1. The number of nitrogens with zero attached hydrogens (tertiary/aromatic N) is 1. The normalized spacial score (nSPS) is 16.0. The first-order valence-corrected chi connectivity index (χ1v) is 8.36. The summed E-state index contributed by atoms with van der Waals surface area (Å²) in [7, 11) is 0. The van der Waals surface area contributed by atoms with Crippen molar-refractivity contribution < 1.29 is 9.59 Å². The molecule has 1 aliphatic rings. The van der Waals surface area contributed by atoms with Crippen molar-refractivity contribution in [3.63, 3.8) is 0 Å². The van der Waals surface area contributed by atoms with Gasteiger partial charge >= 0.3 is 0 Å². The first-order chi connectivity index (χ1) is 11.0. The Morgan fingerprint density at radius 2 is 1.87 bits per heavy atom.